The van der Waals surface area contributed by atoms with Crippen molar-refractivity contribution in [3.05, 3.63) is 24.3 Å². The quantitative estimate of drug-likeness (QED) is 0.862. The number of amides is 2. The van der Waals surface area contributed by atoms with Gasteiger partial charge in [0.25, 0.3) is 5.91 Å². The number of fused-ring (bicyclic) bond motifs is 1. The van der Waals surface area contributed by atoms with Crippen molar-refractivity contribution in [1.29, 1.82) is 0 Å². The van der Waals surface area contributed by atoms with Crippen LogP contribution in [0.3, 0.4) is 0 Å². The molecule has 2 unspecified atom stereocenters. The molecule has 1 fully saturated rings. The van der Waals surface area contributed by atoms with E-state index in [1.54, 1.807) is 17.0 Å². The van der Waals surface area contributed by atoms with Gasteiger partial charge in [-0.1, -0.05) is 12.1 Å². The second-order valence-electron chi connectivity index (χ2n) is 5.39. The van der Waals surface area contributed by atoms with E-state index in [0.717, 1.165) is 12.8 Å². The largest absolute Gasteiger partial charge is 0.485 e. The third kappa shape index (κ3) is 2.79. The molecule has 6 nitrogen and oxygen atoms in total. The second kappa shape index (κ2) is 5.63. The van der Waals surface area contributed by atoms with Gasteiger partial charge in [-0.05, 0) is 25.0 Å². The van der Waals surface area contributed by atoms with Crippen molar-refractivity contribution >= 4 is 11.8 Å². The lowest BCUT2D eigenvalue weighted by atomic mass is 9.97. The van der Waals surface area contributed by atoms with E-state index in [1.807, 2.05) is 12.1 Å². The molecule has 0 bridgehead atoms. The number of carbonyl (C=O) groups is 2. The highest BCUT2D eigenvalue weighted by Gasteiger charge is 2.34. The minimum atomic E-state index is -0.661. The molecule has 1 aromatic rings. The number of carbonyl (C=O) groups excluding carboxylic acids is 2. The van der Waals surface area contributed by atoms with Gasteiger partial charge in [0.05, 0.1) is 5.92 Å². The maximum atomic E-state index is 12.5. The van der Waals surface area contributed by atoms with E-state index in [4.69, 9.17) is 15.2 Å². The van der Waals surface area contributed by atoms with E-state index in [2.05, 4.69) is 0 Å². The van der Waals surface area contributed by atoms with Gasteiger partial charge in [-0.2, -0.15) is 0 Å². The lowest BCUT2D eigenvalue weighted by Gasteiger charge is -2.35. The molecular weight excluding hydrogens is 272 g/mol. The van der Waals surface area contributed by atoms with Gasteiger partial charge in [0.15, 0.2) is 11.5 Å². The average molecular weight is 290 g/mol. The summed E-state index contributed by atoms with van der Waals surface area (Å²) in [5.41, 5.74) is 5.34. The Labute approximate surface area is 122 Å². The predicted octanol–water partition coefficient (Wildman–Crippen LogP) is 0.550. The summed E-state index contributed by atoms with van der Waals surface area (Å²) >= 11 is 0. The molecule has 0 saturated carbocycles. The van der Waals surface area contributed by atoms with Crippen LogP contribution in [0.4, 0.5) is 0 Å². The molecule has 6 heteroatoms. The van der Waals surface area contributed by atoms with Crippen LogP contribution in [0.5, 0.6) is 11.5 Å². The standard InChI is InChI=1S/C15H18N2O4/c16-14(18)10-4-3-7-17(8-10)15(19)13-9-20-11-5-1-2-6-12(11)21-13/h1-2,5-6,10,13H,3-4,7-9H2,(H2,16,18). The molecule has 2 aliphatic rings. The van der Waals surface area contributed by atoms with Crippen molar-refractivity contribution in [1.82, 2.24) is 4.90 Å². The minimum Gasteiger partial charge on any atom is -0.485 e. The number of hydrogen-bond donors (Lipinski definition) is 1. The fourth-order valence-electron chi connectivity index (χ4n) is 2.75. The Morgan fingerprint density at radius 1 is 1.24 bits per heavy atom. The zero-order valence-corrected chi connectivity index (χ0v) is 11.7. The van der Waals surface area contributed by atoms with Crippen molar-refractivity contribution in [2.45, 2.75) is 18.9 Å². The SMILES string of the molecule is NC(=O)C1CCCN(C(=O)C2COc3ccccc3O2)C1. The molecule has 0 aromatic heterocycles. The molecule has 2 atom stereocenters. The summed E-state index contributed by atoms with van der Waals surface area (Å²) in [5, 5.41) is 0. The molecule has 112 valence electrons. The van der Waals surface area contributed by atoms with Crippen molar-refractivity contribution < 1.29 is 19.1 Å². The molecule has 2 amide bonds. The monoisotopic (exact) mass is 290 g/mol. The van der Waals surface area contributed by atoms with E-state index in [-0.39, 0.29) is 24.3 Å². The minimum absolute atomic E-state index is 0.143. The number of primary amides is 1. The highest BCUT2D eigenvalue weighted by molar-refractivity contribution is 5.83. The van der Waals surface area contributed by atoms with Crippen LogP contribution in [-0.2, 0) is 9.59 Å². The van der Waals surface area contributed by atoms with E-state index in [1.165, 1.54) is 0 Å². The number of ether oxygens (including phenoxy) is 2. The third-order valence-electron chi connectivity index (χ3n) is 3.92. The molecule has 1 aromatic carbocycles. The van der Waals surface area contributed by atoms with Crippen LogP contribution in [0.2, 0.25) is 0 Å². The normalized spacial score (nSPS) is 24.5. The Morgan fingerprint density at radius 2 is 2.00 bits per heavy atom. The van der Waals surface area contributed by atoms with Crippen LogP contribution < -0.4 is 15.2 Å². The maximum absolute atomic E-state index is 12.5. The summed E-state index contributed by atoms with van der Waals surface area (Å²) in [6.45, 7) is 1.19. The van der Waals surface area contributed by atoms with Gasteiger partial charge in [0.2, 0.25) is 12.0 Å². The van der Waals surface area contributed by atoms with E-state index in [9.17, 15) is 9.59 Å². The number of hydrogen-bond acceptors (Lipinski definition) is 4. The van der Waals surface area contributed by atoms with Crippen LogP contribution in [0.25, 0.3) is 0 Å². The van der Waals surface area contributed by atoms with Crippen LogP contribution in [-0.4, -0.2) is 42.5 Å². The topological polar surface area (TPSA) is 81.9 Å². The first kappa shape index (κ1) is 13.7. The van der Waals surface area contributed by atoms with E-state index in [0.29, 0.717) is 24.6 Å². The lowest BCUT2D eigenvalue weighted by Crippen LogP contribution is -2.51. The van der Waals surface area contributed by atoms with E-state index >= 15 is 0 Å². The van der Waals surface area contributed by atoms with Crippen molar-refractivity contribution in [3.8, 4) is 11.5 Å². The van der Waals surface area contributed by atoms with Gasteiger partial charge in [-0.15, -0.1) is 0 Å². The second-order valence-corrected chi connectivity index (χ2v) is 5.39. The molecule has 0 spiro atoms. The molecule has 2 heterocycles. The Balaban J connectivity index is 1.67. The Kier molecular flexibility index (Phi) is 3.68. The smallest absolute Gasteiger partial charge is 0.267 e. The van der Waals surface area contributed by atoms with Crippen LogP contribution in [0.15, 0.2) is 24.3 Å². The number of likely N-dealkylation sites (tertiary alicyclic amines) is 1. The van der Waals surface area contributed by atoms with Gasteiger partial charge in [0, 0.05) is 13.1 Å². The summed E-state index contributed by atoms with van der Waals surface area (Å²) in [4.78, 5) is 25.4. The van der Waals surface area contributed by atoms with Gasteiger partial charge < -0.3 is 20.1 Å². The molecule has 0 aliphatic carbocycles. The zero-order valence-electron chi connectivity index (χ0n) is 11.7. The zero-order chi connectivity index (χ0) is 14.8. The van der Waals surface area contributed by atoms with Gasteiger partial charge in [-0.3, -0.25) is 9.59 Å². The average Bonchev–Trinajstić information content (AvgIpc) is 2.53. The molecule has 3 rings (SSSR count). The number of piperidine rings is 1. The van der Waals surface area contributed by atoms with Crippen LogP contribution >= 0.6 is 0 Å². The van der Waals surface area contributed by atoms with Crippen LogP contribution in [0, 0.1) is 5.92 Å². The number of nitrogens with zero attached hydrogens (tertiary/aromatic N) is 1. The first-order valence-corrected chi connectivity index (χ1v) is 7.12. The third-order valence-corrected chi connectivity index (χ3v) is 3.92. The molecule has 21 heavy (non-hydrogen) atoms. The Hall–Kier alpha value is -2.24. The molecule has 2 N–H and O–H groups in total. The number of nitrogens with two attached hydrogens (primary N) is 1. The van der Waals surface area contributed by atoms with Crippen molar-refractivity contribution in [2.24, 2.45) is 11.7 Å². The Bertz CT molecular complexity index is 560. The first-order chi connectivity index (χ1) is 10.1. The molecular formula is C15H18N2O4. The summed E-state index contributed by atoms with van der Waals surface area (Å²) < 4.78 is 11.3. The molecule has 1 saturated heterocycles. The first-order valence-electron chi connectivity index (χ1n) is 7.12. The van der Waals surface area contributed by atoms with Gasteiger partial charge >= 0.3 is 0 Å². The summed E-state index contributed by atoms with van der Waals surface area (Å²) in [5.74, 6) is 0.467. The Morgan fingerprint density at radius 3 is 2.76 bits per heavy atom. The van der Waals surface area contributed by atoms with Crippen molar-refractivity contribution in [2.75, 3.05) is 19.7 Å². The van der Waals surface area contributed by atoms with Crippen molar-refractivity contribution in [3.63, 3.8) is 0 Å². The summed E-state index contributed by atoms with van der Waals surface area (Å²) in [7, 11) is 0. The summed E-state index contributed by atoms with van der Waals surface area (Å²) in [6.07, 6.45) is 0.861. The van der Waals surface area contributed by atoms with Crippen LogP contribution in [0.1, 0.15) is 12.8 Å². The maximum Gasteiger partial charge on any atom is 0.267 e. The summed E-state index contributed by atoms with van der Waals surface area (Å²) in [6, 6.07) is 7.27. The van der Waals surface area contributed by atoms with E-state index < -0.39 is 6.10 Å². The lowest BCUT2D eigenvalue weighted by molar-refractivity contribution is -0.144. The fourth-order valence-corrected chi connectivity index (χ4v) is 2.75. The van der Waals surface area contributed by atoms with Gasteiger partial charge in [-0.25, -0.2) is 0 Å². The highest BCUT2D eigenvalue weighted by atomic mass is 16.6. The number of para-hydroxylation sites is 2. The van der Waals surface area contributed by atoms with Gasteiger partial charge in [0.1, 0.15) is 6.61 Å². The molecule has 0 radical (unpaired) electrons. The number of rotatable bonds is 2. The molecule has 2 aliphatic heterocycles. The predicted molar refractivity (Wildman–Crippen MR) is 74.9 cm³/mol. The fraction of sp³-hybridized carbons (Fsp3) is 0.467. The number of benzene rings is 1. The highest BCUT2D eigenvalue weighted by Crippen LogP contribution is 2.31.